The van der Waals surface area contributed by atoms with Crippen LogP contribution in [0.2, 0.25) is 5.02 Å². The minimum atomic E-state index is -0.190. The molecule has 0 saturated carbocycles. The molecule has 0 aliphatic heterocycles. The molecular weight excluding hydrogens is 378 g/mol. The Bertz CT molecular complexity index is 1280. The maximum atomic E-state index is 12.3. The lowest BCUT2D eigenvalue weighted by Gasteiger charge is -2.16. The number of aromatic nitrogens is 4. The third kappa shape index (κ3) is 3.67. The summed E-state index contributed by atoms with van der Waals surface area (Å²) in [5.41, 5.74) is 0.898. The van der Waals surface area contributed by atoms with Crippen molar-refractivity contribution in [2.45, 2.75) is 20.0 Å². The Morgan fingerprint density at radius 1 is 0.893 bits per heavy atom. The summed E-state index contributed by atoms with van der Waals surface area (Å²) in [6.07, 6.45) is 0. The van der Waals surface area contributed by atoms with Crippen molar-refractivity contribution in [2.75, 3.05) is 6.54 Å². The van der Waals surface area contributed by atoms with E-state index in [4.69, 9.17) is 11.6 Å². The zero-order chi connectivity index (χ0) is 19.7. The van der Waals surface area contributed by atoms with Gasteiger partial charge in [0.25, 0.3) is 11.1 Å². The first-order valence-electron chi connectivity index (χ1n) is 9.03. The molecule has 7 nitrogen and oxygen atoms in total. The van der Waals surface area contributed by atoms with Crippen molar-refractivity contribution < 1.29 is 4.90 Å². The molecule has 0 fully saturated rings. The lowest BCUT2D eigenvalue weighted by molar-refractivity contribution is -0.927. The standard InChI is InChI=1S/C20H18ClN5O2/c1-2-26(10-17-22-15-6-4-3-5-13(15)19(27)24-17)11-18-23-16-9-12(21)7-8-14(16)20(28)25-18/h3-9H,2,10-11H2,1H3,(H,22,24,27)(H,23,25,28)/p+1. The molecule has 3 N–H and O–H groups in total. The maximum absolute atomic E-state index is 12.3. The van der Waals surface area contributed by atoms with Crippen LogP contribution in [0.5, 0.6) is 0 Å². The van der Waals surface area contributed by atoms with Gasteiger partial charge < -0.3 is 14.9 Å². The number of fused-ring (bicyclic) bond motifs is 2. The molecule has 1 atom stereocenters. The predicted molar refractivity (Wildman–Crippen MR) is 109 cm³/mol. The monoisotopic (exact) mass is 396 g/mol. The van der Waals surface area contributed by atoms with E-state index < -0.39 is 0 Å². The smallest absolute Gasteiger partial charge is 0.258 e. The van der Waals surface area contributed by atoms with Crippen molar-refractivity contribution >= 4 is 33.4 Å². The van der Waals surface area contributed by atoms with E-state index in [1.807, 2.05) is 25.1 Å². The molecule has 2 heterocycles. The molecule has 0 saturated heterocycles. The number of para-hydroxylation sites is 1. The molecule has 0 radical (unpaired) electrons. The first-order chi connectivity index (χ1) is 13.5. The molecule has 4 rings (SSSR count). The quantitative estimate of drug-likeness (QED) is 0.475. The van der Waals surface area contributed by atoms with Crippen LogP contribution in [0.3, 0.4) is 0 Å². The second kappa shape index (κ2) is 7.53. The van der Waals surface area contributed by atoms with Crippen molar-refractivity contribution in [3.05, 3.63) is 79.8 Å². The summed E-state index contributed by atoms with van der Waals surface area (Å²) in [7, 11) is 0. The van der Waals surface area contributed by atoms with Gasteiger partial charge in [-0.3, -0.25) is 9.59 Å². The number of H-pyrrole nitrogens is 2. The fourth-order valence-electron chi connectivity index (χ4n) is 3.25. The predicted octanol–water partition coefficient (Wildman–Crippen LogP) is 1.42. The van der Waals surface area contributed by atoms with Gasteiger partial charge in [0.15, 0.2) is 11.6 Å². The molecular formula is C20H19ClN5O2+. The summed E-state index contributed by atoms with van der Waals surface area (Å²) in [5, 5.41) is 1.61. The van der Waals surface area contributed by atoms with Gasteiger partial charge in [0.05, 0.1) is 28.4 Å². The first kappa shape index (κ1) is 18.3. The van der Waals surface area contributed by atoms with Crippen molar-refractivity contribution in [3.63, 3.8) is 0 Å². The minimum Gasteiger partial charge on any atom is -0.323 e. The number of hydrogen-bond acceptors (Lipinski definition) is 4. The Kier molecular flexibility index (Phi) is 4.93. The molecule has 8 heteroatoms. The van der Waals surface area contributed by atoms with E-state index in [1.165, 1.54) is 0 Å². The molecule has 1 unspecified atom stereocenters. The summed E-state index contributed by atoms with van der Waals surface area (Å²) in [6.45, 7) is 3.80. The van der Waals surface area contributed by atoms with Gasteiger partial charge in [-0.2, -0.15) is 0 Å². The maximum Gasteiger partial charge on any atom is 0.258 e. The van der Waals surface area contributed by atoms with Crippen LogP contribution in [0.15, 0.2) is 52.1 Å². The van der Waals surface area contributed by atoms with E-state index >= 15 is 0 Å². The van der Waals surface area contributed by atoms with E-state index in [2.05, 4.69) is 19.9 Å². The fraction of sp³-hybridized carbons (Fsp3) is 0.200. The number of halogens is 1. The van der Waals surface area contributed by atoms with Crippen LogP contribution in [0.4, 0.5) is 0 Å². The Balaban J connectivity index is 1.63. The molecule has 0 bridgehead atoms. The lowest BCUT2D eigenvalue weighted by Crippen LogP contribution is -3.09. The van der Waals surface area contributed by atoms with Crippen LogP contribution in [0, 0.1) is 0 Å². The topological polar surface area (TPSA) is 95.9 Å². The van der Waals surface area contributed by atoms with Crippen molar-refractivity contribution in [1.82, 2.24) is 19.9 Å². The van der Waals surface area contributed by atoms with Crippen LogP contribution in [-0.2, 0) is 13.1 Å². The van der Waals surface area contributed by atoms with Gasteiger partial charge in [-0.1, -0.05) is 23.7 Å². The SMILES string of the molecule is CC[NH+](Cc1nc2ccccc2c(=O)[nH]1)Cc1nc2cc(Cl)ccc2c(=O)[nH]1. The van der Waals surface area contributed by atoms with Gasteiger partial charge in [-0.05, 0) is 37.3 Å². The molecule has 0 aliphatic carbocycles. The van der Waals surface area contributed by atoms with Crippen LogP contribution in [0.25, 0.3) is 21.8 Å². The van der Waals surface area contributed by atoms with Crippen molar-refractivity contribution in [1.29, 1.82) is 0 Å². The fourth-order valence-corrected chi connectivity index (χ4v) is 3.42. The summed E-state index contributed by atoms with van der Waals surface area (Å²) in [5.74, 6) is 1.17. The molecule has 142 valence electrons. The molecule has 28 heavy (non-hydrogen) atoms. The molecule has 2 aromatic heterocycles. The largest absolute Gasteiger partial charge is 0.323 e. The van der Waals surface area contributed by atoms with Crippen molar-refractivity contribution in [3.8, 4) is 0 Å². The van der Waals surface area contributed by atoms with E-state index in [-0.39, 0.29) is 11.1 Å². The second-order valence-corrected chi connectivity index (χ2v) is 7.10. The highest BCUT2D eigenvalue weighted by atomic mass is 35.5. The molecule has 0 amide bonds. The Hall–Kier alpha value is -3.03. The third-order valence-corrected chi connectivity index (χ3v) is 4.95. The number of nitrogens with zero attached hydrogens (tertiary/aromatic N) is 2. The normalized spacial score (nSPS) is 12.5. The lowest BCUT2D eigenvalue weighted by atomic mass is 10.2. The van der Waals surface area contributed by atoms with E-state index in [1.54, 1.807) is 24.3 Å². The zero-order valence-electron chi connectivity index (χ0n) is 15.3. The third-order valence-electron chi connectivity index (χ3n) is 4.71. The molecule has 0 spiro atoms. The molecule has 0 aliphatic rings. The number of nitrogens with one attached hydrogen (secondary N) is 3. The van der Waals surface area contributed by atoms with Gasteiger partial charge >= 0.3 is 0 Å². The number of hydrogen-bond donors (Lipinski definition) is 3. The van der Waals surface area contributed by atoms with Gasteiger partial charge in [-0.25, -0.2) is 9.97 Å². The average molecular weight is 397 g/mol. The van der Waals surface area contributed by atoms with Gasteiger partial charge in [0, 0.05) is 5.02 Å². The van der Waals surface area contributed by atoms with E-state index in [0.717, 1.165) is 11.4 Å². The van der Waals surface area contributed by atoms with Gasteiger partial charge in [0.1, 0.15) is 13.1 Å². The first-order valence-corrected chi connectivity index (χ1v) is 9.41. The Morgan fingerprint density at radius 3 is 2.18 bits per heavy atom. The zero-order valence-corrected chi connectivity index (χ0v) is 16.0. The average Bonchev–Trinajstić information content (AvgIpc) is 2.67. The highest BCUT2D eigenvalue weighted by molar-refractivity contribution is 6.31. The Morgan fingerprint density at radius 2 is 1.50 bits per heavy atom. The summed E-state index contributed by atoms with van der Waals surface area (Å²) in [4.78, 5) is 40.5. The van der Waals surface area contributed by atoms with Crippen LogP contribution in [-0.4, -0.2) is 26.5 Å². The molecule has 4 aromatic rings. The number of aromatic amines is 2. The van der Waals surface area contributed by atoms with Crippen LogP contribution >= 0.6 is 11.6 Å². The highest BCUT2D eigenvalue weighted by Crippen LogP contribution is 2.14. The van der Waals surface area contributed by atoms with Crippen LogP contribution in [0.1, 0.15) is 18.6 Å². The second-order valence-electron chi connectivity index (χ2n) is 6.66. The van der Waals surface area contributed by atoms with E-state index in [0.29, 0.717) is 51.6 Å². The summed E-state index contributed by atoms with van der Waals surface area (Å²) < 4.78 is 0. The highest BCUT2D eigenvalue weighted by Gasteiger charge is 2.14. The van der Waals surface area contributed by atoms with Gasteiger partial charge in [-0.15, -0.1) is 0 Å². The van der Waals surface area contributed by atoms with Gasteiger partial charge in [0.2, 0.25) is 0 Å². The number of benzene rings is 2. The van der Waals surface area contributed by atoms with E-state index in [9.17, 15) is 9.59 Å². The minimum absolute atomic E-state index is 0.150. The number of rotatable bonds is 5. The van der Waals surface area contributed by atoms with Crippen LogP contribution < -0.4 is 16.0 Å². The summed E-state index contributed by atoms with van der Waals surface area (Å²) in [6, 6.07) is 12.3. The summed E-state index contributed by atoms with van der Waals surface area (Å²) >= 11 is 6.03. The molecule has 2 aromatic carbocycles. The Labute approximate surface area is 165 Å². The van der Waals surface area contributed by atoms with Crippen molar-refractivity contribution in [2.24, 2.45) is 0 Å². The number of quaternary nitrogens is 1.